The summed E-state index contributed by atoms with van der Waals surface area (Å²) in [6, 6.07) is 41.8. The van der Waals surface area contributed by atoms with Crippen molar-refractivity contribution in [3.63, 3.8) is 0 Å². The molecule has 0 aliphatic carbocycles. The largest absolute Gasteiger partial charge is 0.354 e. The molecule has 5 aromatic carbocycles. The first-order valence-corrected chi connectivity index (χ1v) is 21.8. The van der Waals surface area contributed by atoms with Crippen molar-refractivity contribution in [3.05, 3.63) is 179 Å². The molecule has 4 N–H and O–H groups in total. The van der Waals surface area contributed by atoms with Crippen LogP contribution in [0.5, 0.6) is 0 Å². The van der Waals surface area contributed by atoms with E-state index in [0.29, 0.717) is 35.3 Å². The summed E-state index contributed by atoms with van der Waals surface area (Å²) < 4.78 is 0. The molecule has 0 saturated heterocycles. The molecule has 4 amide bonds. The Bertz CT molecular complexity index is 2440. The molecule has 0 fully saturated rings. The average Bonchev–Trinajstić information content (AvgIpc) is 3.36. The number of hydrogen-bond donors (Lipinski definition) is 4. The third-order valence-electron chi connectivity index (χ3n) is 10.1. The molecule has 16 heteroatoms. The van der Waals surface area contributed by atoms with Gasteiger partial charge in [0.15, 0.2) is 0 Å². The molecule has 0 saturated carbocycles. The molecule has 7 rings (SSSR count). The highest BCUT2D eigenvalue weighted by Gasteiger charge is 2.31. The quantitative estimate of drug-likeness (QED) is 0.0419. The summed E-state index contributed by atoms with van der Waals surface area (Å²) in [6.45, 7) is 5.81. The maximum Gasteiger partial charge on any atom is 0.267 e. The highest BCUT2D eigenvalue weighted by Crippen LogP contribution is 2.23. The zero-order chi connectivity index (χ0) is 46.1. The Morgan fingerprint density at radius 2 is 0.697 bits per heavy atom. The van der Waals surface area contributed by atoms with Gasteiger partial charge in [-0.25, -0.2) is 9.80 Å². The standard InChI is InChI=1S/C50H50N12O4/c1-3-5-30-51-45-55-47(59-49(57-45)61(41(63)37-22-11-7-12-23-37)42(64)38-24-13-8-14-25-38)53-33-35-20-19-21-36(32-35)34-54-48-56-46(52-31-6-4-2)58-50(60-48)62(43(65)39-26-15-9-16-27-39)44(66)40-28-17-10-18-29-40/h7-29,32H,3-6,30-31,33-34H2,1-2H3,(H2,51,53,55,57,59)(H2,52,54,56,58,60). The summed E-state index contributed by atoms with van der Waals surface area (Å²) in [7, 11) is 0. The normalized spacial score (nSPS) is 10.7. The maximum atomic E-state index is 14.0. The number of rotatable bonds is 20. The number of nitrogens with one attached hydrogen (secondary N) is 4. The molecule has 0 radical (unpaired) electrons. The summed E-state index contributed by atoms with van der Waals surface area (Å²) in [6.07, 6.45) is 3.55. The first-order chi connectivity index (χ1) is 32.3. The van der Waals surface area contributed by atoms with E-state index in [1.54, 1.807) is 121 Å². The summed E-state index contributed by atoms with van der Waals surface area (Å²) in [5.41, 5.74) is 2.89. The lowest BCUT2D eigenvalue weighted by atomic mass is 10.1. The molecular formula is C50H50N12O4. The molecule has 0 atom stereocenters. The van der Waals surface area contributed by atoms with Gasteiger partial charge in [0.25, 0.3) is 23.6 Å². The number of carbonyl (C=O) groups is 4. The second kappa shape index (κ2) is 22.8. The van der Waals surface area contributed by atoms with Crippen LogP contribution in [0.25, 0.3) is 0 Å². The highest BCUT2D eigenvalue weighted by molar-refractivity contribution is 6.25. The van der Waals surface area contributed by atoms with Crippen molar-refractivity contribution in [2.75, 3.05) is 44.2 Å². The van der Waals surface area contributed by atoms with Gasteiger partial charge in [0.2, 0.25) is 35.7 Å². The Kier molecular flexibility index (Phi) is 15.8. The maximum absolute atomic E-state index is 14.0. The summed E-state index contributed by atoms with van der Waals surface area (Å²) >= 11 is 0. The molecule has 2 aromatic heterocycles. The number of carbonyl (C=O) groups excluding carboxylic acids is 4. The van der Waals surface area contributed by atoms with Gasteiger partial charge in [-0.15, -0.1) is 0 Å². The lowest BCUT2D eigenvalue weighted by Crippen LogP contribution is -2.38. The molecule has 334 valence electrons. The van der Waals surface area contributed by atoms with Crippen molar-refractivity contribution in [3.8, 4) is 0 Å². The highest BCUT2D eigenvalue weighted by atomic mass is 16.2. The Morgan fingerprint density at radius 1 is 0.394 bits per heavy atom. The molecule has 0 aliphatic rings. The molecular weight excluding hydrogens is 833 g/mol. The van der Waals surface area contributed by atoms with Gasteiger partial charge in [-0.2, -0.15) is 29.9 Å². The Balaban J connectivity index is 1.14. The topological polar surface area (TPSA) is 200 Å². The Hall–Kier alpha value is -8.40. The minimum atomic E-state index is -0.589. The Morgan fingerprint density at radius 3 is 1.00 bits per heavy atom. The van der Waals surface area contributed by atoms with E-state index in [9.17, 15) is 19.2 Å². The SMILES string of the molecule is CCCCNc1nc(NCc2cccc(CNc3nc(NCCCC)nc(N(C(=O)c4ccccc4)C(=O)c4ccccc4)n3)c2)nc(N(C(=O)c2ccccc2)C(=O)c2ccccc2)n1. The van der Waals surface area contributed by atoms with E-state index in [-0.39, 0.29) is 48.8 Å². The van der Waals surface area contributed by atoms with Crippen molar-refractivity contribution in [1.82, 2.24) is 29.9 Å². The second-order valence-corrected chi connectivity index (χ2v) is 15.0. The van der Waals surface area contributed by atoms with E-state index in [4.69, 9.17) is 0 Å². The van der Waals surface area contributed by atoms with Crippen molar-refractivity contribution in [2.24, 2.45) is 0 Å². The number of anilines is 6. The summed E-state index contributed by atoms with van der Waals surface area (Å²) in [5, 5.41) is 13.0. The second-order valence-electron chi connectivity index (χ2n) is 15.0. The number of aromatic nitrogens is 6. The predicted molar refractivity (Wildman–Crippen MR) is 256 cm³/mol. The van der Waals surface area contributed by atoms with Gasteiger partial charge < -0.3 is 21.3 Å². The third kappa shape index (κ3) is 12.0. The lowest BCUT2D eigenvalue weighted by Gasteiger charge is -2.21. The molecule has 0 spiro atoms. The number of benzene rings is 5. The van der Waals surface area contributed by atoms with Crippen LogP contribution in [0.1, 0.15) is 92.1 Å². The number of nitrogens with zero attached hydrogens (tertiary/aromatic N) is 8. The average molecular weight is 883 g/mol. The lowest BCUT2D eigenvalue weighted by molar-refractivity contribution is 0.0879. The van der Waals surface area contributed by atoms with E-state index in [1.165, 1.54) is 0 Å². The van der Waals surface area contributed by atoms with Gasteiger partial charge >= 0.3 is 0 Å². The molecule has 0 aliphatic heterocycles. The minimum absolute atomic E-state index is 0.137. The van der Waals surface area contributed by atoms with E-state index in [2.05, 4.69) is 65.0 Å². The molecule has 2 heterocycles. The van der Waals surface area contributed by atoms with Gasteiger partial charge in [-0.3, -0.25) is 19.2 Å². The van der Waals surface area contributed by atoms with Crippen LogP contribution in [-0.4, -0.2) is 66.6 Å². The fourth-order valence-electron chi connectivity index (χ4n) is 6.60. The van der Waals surface area contributed by atoms with Crippen molar-refractivity contribution >= 4 is 59.3 Å². The third-order valence-corrected chi connectivity index (χ3v) is 10.1. The zero-order valence-electron chi connectivity index (χ0n) is 36.7. The van der Waals surface area contributed by atoms with Crippen LogP contribution in [0.2, 0.25) is 0 Å². The monoisotopic (exact) mass is 882 g/mol. The molecule has 0 unspecified atom stereocenters. The van der Waals surface area contributed by atoms with Crippen LogP contribution in [0.4, 0.5) is 35.7 Å². The first kappa shape index (κ1) is 45.6. The van der Waals surface area contributed by atoms with Gasteiger partial charge in [-0.05, 0) is 72.5 Å². The van der Waals surface area contributed by atoms with E-state index < -0.39 is 23.6 Å². The van der Waals surface area contributed by atoms with E-state index >= 15 is 0 Å². The van der Waals surface area contributed by atoms with Crippen molar-refractivity contribution in [2.45, 2.75) is 52.6 Å². The first-order valence-electron chi connectivity index (χ1n) is 21.8. The van der Waals surface area contributed by atoms with Crippen LogP contribution in [0.15, 0.2) is 146 Å². The van der Waals surface area contributed by atoms with Crippen LogP contribution >= 0.6 is 0 Å². The van der Waals surface area contributed by atoms with Gasteiger partial charge in [-0.1, -0.05) is 124 Å². The molecule has 0 bridgehead atoms. The van der Waals surface area contributed by atoms with Gasteiger partial charge in [0.1, 0.15) is 0 Å². The smallest absolute Gasteiger partial charge is 0.267 e. The zero-order valence-corrected chi connectivity index (χ0v) is 36.7. The fraction of sp³-hybridized carbons (Fsp3) is 0.200. The van der Waals surface area contributed by atoms with Crippen LogP contribution in [0.3, 0.4) is 0 Å². The van der Waals surface area contributed by atoms with Crippen LogP contribution in [-0.2, 0) is 13.1 Å². The van der Waals surface area contributed by atoms with Gasteiger partial charge in [0.05, 0.1) is 0 Å². The summed E-state index contributed by atoms with van der Waals surface area (Å²) in [5.74, 6) is -1.93. The van der Waals surface area contributed by atoms with Gasteiger partial charge in [0, 0.05) is 48.4 Å². The van der Waals surface area contributed by atoms with Crippen molar-refractivity contribution < 1.29 is 19.2 Å². The molecule has 66 heavy (non-hydrogen) atoms. The number of hydrogen-bond acceptors (Lipinski definition) is 14. The molecule has 7 aromatic rings. The number of amides is 4. The van der Waals surface area contributed by atoms with Crippen molar-refractivity contribution in [1.29, 1.82) is 0 Å². The van der Waals surface area contributed by atoms with E-state index in [0.717, 1.165) is 46.6 Å². The Labute approximate surface area is 383 Å². The number of imide groups is 2. The van der Waals surface area contributed by atoms with Crippen LogP contribution < -0.4 is 31.1 Å². The fourth-order valence-corrected chi connectivity index (χ4v) is 6.60. The number of unbranched alkanes of at least 4 members (excludes halogenated alkanes) is 2. The summed E-state index contributed by atoms with van der Waals surface area (Å²) in [4.78, 5) is 85.6. The molecule has 16 nitrogen and oxygen atoms in total. The van der Waals surface area contributed by atoms with E-state index in [1.807, 2.05) is 24.3 Å². The van der Waals surface area contributed by atoms with Crippen LogP contribution in [0, 0.1) is 0 Å². The minimum Gasteiger partial charge on any atom is -0.354 e. The predicted octanol–water partition coefficient (Wildman–Crippen LogP) is 8.68.